The Morgan fingerprint density at radius 1 is 1.00 bits per heavy atom. The Morgan fingerprint density at radius 3 is 1.62 bits per heavy atom. The minimum absolute atomic E-state index is 0. The van der Waals surface area contributed by atoms with Crippen molar-refractivity contribution >= 4 is 11.0 Å². The zero-order chi connectivity index (χ0) is 5.54. The molecule has 0 unspecified atom stereocenters. The molecule has 0 rings (SSSR count). The molecule has 0 bridgehead atoms. The number of hydrogen-bond acceptors (Lipinski definition) is 3. The molecule has 0 fully saturated rings. The van der Waals surface area contributed by atoms with E-state index in [1.807, 2.05) is 0 Å². The number of ether oxygens (including phenoxy) is 1. The van der Waals surface area contributed by atoms with Crippen molar-refractivity contribution in [1.29, 1.82) is 0 Å². The molecule has 0 aromatic rings. The largest absolute Gasteiger partial charge is 0.394 e. The second kappa shape index (κ2) is 10.2. The summed E-state index contributed by atoms with van der Waals surface area (Å²) in [5.74, 6) is 0. The first-order chi connectivity index (χ1) is 3.41. The first kappa shape index (κ1) is 11.0. The van der Waals surface area contributed by atoms with E-state index < -0.39 is 0 Å². The summed E-state index contributed by atoms with van der Waals surface area (Å²) in [4.78, 5) is 0. The predicted molar refractivity (Wildman–Crippen MR) is 30.7 cm³/mol. The topological polar surface area (TPSA) is 49.7 Å². The quantitative estimate of drug-likeness (QED) is 0.367. The third-order valence-electron chi connectivity index (χ3n) is 0.471. The van der Waals surface area contributed by atoms with E-state index in [9.17, 15) is 0 Å². The third-order valence-corrected chi connectivity index (χ3v) is 0.471. The van der Waals surface area contributed by atoms with Crippen molar-refractivity contribution in [2.75, 3.05) is 26.4 Å². The molecule has 0 aliphatic carbocycles. The number of aliphatic hydroxyl groups excluding tert-OH is 2. The number of rotatable bonds is 4. The highest BCUT2D eigenvalue weighted by Gasteiger charge is 1.79. The average molecular weight is 134 g/mol. The molecule has 0 heterocycles. The first-order valence-electron chi connectivity index (χ1n) is 2.21. The van der Waals surface area contributed by atoms with Crippen LogP contribution < -0.4 is 0 Å². The van der Waals surface area contributed by atoms with E-state index in [1.165, 1.54) is 0 Å². The van der Waals surface area contributed by atoms with Crippen molar-refractivity contribution in [3.63, 3.8) is 0 Å². The molecule has 0 aliphatic rings. The Morgan fingerprint density at radius 2 is 1.38 bits per heavy atom. The van der Waals surface area contributed by atoms with Crippen LogP contribution in [0.15, 0.2) is 0 Å². The zero-order valence-corrected chi connectivity index (χ0v) is 5.63. The van der Waals surface area contributed by atoms with E-state index in [0.29, 0.717) is 13.2 Å². The Balaban J connectivity index is 0. The van der Waals surface area contributed by atoms with Crippen LogP contribution in [0.2, 0.25) is 0 Å². The van der Waals surface area contributed by atoms with Crippen molar-refractivity contribution in [1.82, 2.24) is 0 Å². The maximum Gasteiger partial charge on any atom is 0.0698 e. The molecule has 4 radical (unpaired) electrons. The molecule has 0 aromatic carbocycles. The Hall–Kier alpha value is 0.0969. The maximum atomic E-state index is 8.09. The lowest BCUT2D eigenvalue weighted by Crippen LogP contribution is -2.03. The summed E-state index contributed by atoms with van der Waals surface area (Å²) in [6, 6.07) is 0. The highest BCUT2D eigenvalue weighted by atomic mass is 28.1. The SMILES string of the molecule is OCCOCCO.[Si]. The predicted octanol–water partition coefficient (Wildman–Crippen LogP) is -1.39. The van der Waals surface area contributed by atoms with Gasteiger partial charge < -0.3 is 14.9 Å². The molecule has 3 nitrogen and oxygen atoms in total. The summed E-state index contributed by atoms with van der Waals surface area (Å²) in [6.45, 7) is 0.696. The summed E-state index contributed by atoms with van der Waals surface area (Å²) >= 11 is 0. The zero-order valence-electron chi connectivity index (χ0n) is 4.63. The van der Waals surface area contributed by atoms with E-state index in [4.69, 9.17) is 10.2 Å². The minimum Gasteiger partial charge on any atom is -0.394 e. The number of hydrogen-bond donors (Lipinski definition) is 2. The number of aliphatic hydroxyl groups is 2. The van der Waals surface area contributed by atoms with Gasteiger partial charge in [-0.15, -0.1) is 0 Å². The van der Waals surface area contributed by atoms with Gasteiger partial charge >= 0.3 is 0 Å². The second-order valence-corrected chi connectivity index (χ2v) is 1.06. The van der Waals surface area contributed by atoms with Crippen LogP contribution in [0.25, 0.3) is 0 Å². The average Bonchev–Trinajstić information content (AvgIpc) is 1.69. The Kier molecular flexibility index (Phi) is 13.9. The molecule has 0 spiro atoms. The van der Waals surface area contributed by atoms with Crippen molar-refractivity contribution in [2.24, 2.45) is 0 Å². The molecule has 48 valence electrons. The van der Waals surface area contributed by atoms with Gasteiger partial charge in [-0.05, 0) is 0 Å². The summed E-state index contributed by atoms with van der Waals surface area (Å²) in [5.41, 5.74) is 0. The van der Waals surface area contributed by atoms with Crippen molar-refractivity contribution < 1.29 is 14.9 Å². The molecule has 8 heavy (non-hydrogen) atoms. The van der Waals surface area contributed by atoms with Gasteiger partial charge in [0.15, 0.2) is 0 Å². The Bertz CT molecular complexity index is 30.5. The molecular weight excluding hydrogens is 124 g/mol. The highest BCUT2D eigenvalue weighted by molar-refractivity contribution is 5.75. The molecule has 0 amide bonds. The fourth-order valence-electron chi connectivity index (χ4n) is 0.231. The van der Waals surface area contributed by atoms with E-state index in [1.54, 1.807) is 0 Å². The van der Waals surface area contributed by atoms with Gasteiger partial charge in [-0.25, -0.2) is 0 Å². The van der Waals surface area contributed by atoms with Crippen molar-refractivity contribution in [3.8, 4) is 0 Å². The summed E-state index contributed by atoms with van der Waals surface area (Å²) in [7, 11) is 0. The van der Waals surface area contributed by atoms with Gasteiger partial charge in [0.25, 0.3) is 0 Å². The molecule has 0 saturated heterocycles. The maximum absolute atomic E-state index is 8.09. The van der Waals surface area contributed by atoms with Gasteiger partial charge in [0.2, 0.25) is 0 Å². The summed E-state index contributed by atoms with van der Waals surface area (Å²) in [5, 5.41) is 16.2. The van der Waals surface area contributed by atoms with Crippen molar-refractivity contribution in [2.45, 2.75) is 0 Å². The standard InChI is InChI=1S/C4H10O3.Si/c5-1-3-7-4-2-6;/h5-6H,1-4H2;. The van der Waals surface area contributed by atoms with Gasteiger partial charge in [0.05, 0.1) is 26.4 Å². The minimum atomic E-state index is 0. The molecule has 4 heteroatoms. The molecule has 2 N–H and O–H groups in total. The first-order valence-corrected chi connectivity index (χ1v) is 2.21. The summed E-state index contributed by atoms with van der Waals surface area (Å²) in [6.07, 6.45) is 0. The van der Waals surface area contributed by atoms with Crippen LogP contribution in [-0.2, 0) is 4.74 Å². The molecule has 0 atom stereocenters. The van der Waals surface area contributed by atoms with Crippen LogP contribution >= 0.6 is 0 Å². The second-order valence-electron chi connectivity index (χ2n) is 1.06. The molecule has 0 aromatic heterocycles. The normalized spacial score (nSPS) is 8.25. The van der Waals surface area contributed by atoms with Crippen LogP contribution in [-0.4, -0.2) is 47.6 Å². The lowest BCUT2D eigenvalue weighted by molar-refractivity contribution is 0.0650. The van der Waals surface area contributed by atoms with Crippen LogP contribution in [0.5, 0.6) is 0 Å². The lowest BCUT2D eigenvalue weighted by Gasteiger charge is -1.94. The summed E-state index contributed by atoms with van der Waals surface area (Å²) < 4.78 is 4.63. The molecular formula is C4H10O3Si. The fourth-order valence-corrected chi connectivity index (χ4v) is 0.231. The van der Waals surface area contributed by atoms with Gasteiger partial charge in [0, 0.05) is 11.0 Å². The molecule has 0 saturated carbocycles. The van der Waals surface area contributed by atoms with Crippen LogP contribution in [0.4, 0.5) is 0 Å². The lowest BCUT2D eigenvalue weighted by atomic mass is 10.7. The highest BCUT2D eigenvalue weighted by Crippen LogP contribution is 1.68. The van der Waals surface area contributed by atoms with E-state index >= 15 is 0 Å². The van der Waals surface area contributed by atoms with Gasteiger partial charge in [-0.1, -0.05) is 0 Å². The monoisotopic (exact) mass is 134 g/mol. The van der Waals surface area contributed by atoms with E-state index in [-0.39, 0.29) is 24.2 Å². The van der Waals surface area contributed by atoms with Crippen LogP contribution in [0.3, 0.4) is 0 Å². The third kappa shape index (κ3) is 9.44. The van der Waals surface area contributed by atoms with Gasteiger partial charge in [-0.3, -0.25) is 0 Å². The van der Waals surface area contributed by atoms with Crippen molar-refractivity contribution in [3.05, 3.63) is 0 Å². The van der Waals surface area contributed by atoms with Crippen LogP contribution in [0.1, 0.15) is 0 Å². The van der Waals surface area contributed by atoms with Gasteiger partial charge in [0.1, 0.15) is 0 Å². The van der Waals surface area contributed by atoms with Crippen LogP contribution in [0, 0.1) is 0 Å². The molecule has 0 aliphatic heterocycles. The van der Waals surface area contributed by atoms with E-state index in [0.717, 1.165) is 0 Å². The smallest absolute Gasteiger partial charge is 0.0698 e. The van der Waals surface area contributed by atoms with E-state index in [2.05, 4.69) is 4.74 Å². The van der Waals surface area contributed by atoms with Gasteiger partial charge in [-0.2, -0.15) is 0 Å². The Labute approximate surface area is 53.3 Å². The fraction of sp³-hybridized carbons (Fsp3) is 1.00.